The molecule has 8 heteroatoms. The maximum atomic E-state index is 12.4. The van der Waals surface area contributed by atoms with Crippen molar-refractivity contribution in [1.29, 1.82) is 0 Å². The molecular formula is C17H11N5O3. The first-order valence-electron chi connectivity index (χ1n) is 7.58. The van der Waals surface area contributed by atoms with Crippen LogP contribution in [0.4, 0.5) is 0 Å². The summed E-state index contributed by atoms with van der Waals surface area (Å²) in [6, 6.07) is 7.09. The number of nitrogens with one attached hydrogen (secondary N) is 1. The summed E-state index contributed by atoms with van der Waals surface area (Å²) < 4.78 is 12.0. The normalized spacial score (nSPS) is 11.6. The van der Waals surface area contributed by atoms with E-state index < -0.39 is 0 Å². The molecule has 0 saturated heterocycles. The van der Waals surface area contributed by atoms with Crippen LogP contribution in [0.2, 0.25) is 0 Å². The van der Waals surface area contributed by atoms with Crippen molar-refractivity contribution in [3.8, 4) is 22.7 Å². The molecule has 0 aliphatic heterocycles. The number of aromatic amines is 1. The fourth-order valence-corrected chi connectivity index (χ4v) is 2.87. The number of benzene rings is 1. The minimum Gasteiger partial charge on any atom is -0.444 e. The van der Waals surface area contributed by atoms with Gasteiger partial charge in [-0.2, -0.15) is 0 Å². The van der Waals surface area contributed by atoms with Crippen LogP contribution < -0.4 is 5.56 Å². The van der Waals surface area contributed by atoms with Crippen molar-refractivity contribution >= 4 is 16.6 Å². The Morgan fingerprint density at radius 1 is 1.24 bits per heavy atom. The van der Waals surface area contributed by atoms with E-state index >= 15 is 0 Å². The second-order valence-electron chi connectivity index (χ2n) is 5.64. The van der Waals surface area contributed by atoms with Crippen LogP contribution in [0.15, 0.2) is 56.7 Å². The van der Waals surface area contributed by atoms with Gasteiger partial charge in [0.1, 0.15) is 6.26 Å². The van der Waals surface area contributed by atoms with Gasteiger partial charge in [0.25, 0.3) is 5.56 Å². The smallest absolute Gasteiger partial charge is 0.273 e. The first-order valence-corrected chi connectivity index (χ1v) is 7.58. The largest absolute Gasteiger partial charge is 0.444 e. The summed E-state index contributed by atoms with van der Waals surface area (Å²) in [5, 5.41) is 7.75. The molecule has 5 aromatic rings. The van der Waals surface area contributed by atoms with Crippen molar-refractivity contribution < 1.29 is 8.94 Å². The Hall–Kier alpha value is -3.68. The van der Waals surface area contributed by atoms with Crippen LogP contribution in [-0.4, -0.2) is 24.7 Å². The van der Waals surface area contributed by atoms with E-state index in [4.69, 9.17) is 8.94 Å². The van der Waals surface area contributed by atoms with Crippen LogP contribution in [-0.2, 0) is 0 Å². The van der Waals surface area contributed by atoms with Gasteiger partial charge < -0.3 is 8.94 Å². The number of nitrogens with zero attached hydrogens (tertiary/aromatic N) is 4. The molecule has 0 bridgehead atoms. The average molecular weight is 333 g/mol. The van der Waals surface area contributed by atoms with Gasteiger partial charge in [-0.1, -0.05) is 11.2 Å². The summed E-state index contributed by atoms with van der Waals surface area (Å²) in [6.45, 7) is 1.88. The fraction of sp³-hybridized carbons (Fsp3) is 0.0588. The molecule has 25 heavy (non-hydrogen) atoms. The molecule has 0 fully saturated rings. The van der Waals surface area contributed by atoms with Gasteiger partial charge in [0, 0.05) is 23.2 Å². The number of fused-ring (bicyclic) bond motifs is 2. The molecule has 0 unspecified atom stereocenters. The number of aromatic nitrogens is 5. The van der Waals surface area contributed by atoms with Crippen molar-refractivity contribution in [3.05, 3.63) is 59.0 Å². The van der Waals surface area contributed by atoms with Crippen molar-refractivity contribution in [2.75, 3.05) is 0 Å². The van der Waals surface area contributed by atoms with Gasteiger partial charge >= 0.3 is 0 Å². The minimum absolute atomic E-state index is 0.230. The monoisotopic (exact) mass is 333 g/mol. The standard InChI is InChI=1S/C17H11N5O3/c1-9-11-3-2-10(6-14(11)25-21-9)13-7-15(23)22-16(20-13)12(8-19-22)17-18-4-5-24-17/h2-8,19H,1H3. The van der Waals surface area contributed by atoms with Crippen LogP contribution in [0, 0.1) is 6.92 Å². The van der Waals surface area contributed by atoms with Crippen molar-refractivity contribution in [1.82, 2.24) is 24.7 Å². The van der Waals surface area contributed by atoms with E-state index in [9.17, 15) is 4.79 Å². The molecule has 0 spiro atoms. The summed E-state index contributed by atoms with van der Waals surface area (Å²) >= 11 is 0. The Morgan fingerprint density at radius 2 is 2.16 bits per heavy atom. The Bertz CT molecular complexity index is 1280. The first kappa shape index (κ1) is 13.7. The van der Waals surface area contributed by atoms with Crippen LogP contribution in [0.3, 0.4) is 0 Å². The number of hydrogen-bond acceptors (Lipinski definition) is 6. The molecule has 122 valence electrons. The highest BCUT2D eigenvalue weighted by atomic mass is 16.5. The molecule has 1 N–H and O–H groups in total. The Morgan fingerprint density at radius 3 is 3.00 bits per heavy atom. The minimum atomic E-state index is -0.230. The van der Waals surface area contributed by atoms with Gasteiger partial charge in [0.15, 0.2) is 11.2 Å². The summed E-state index contributed by atoms with van der Waals surface area (Å²) in [4.78, 5) is 21.2. The van der Waals surface area contributed by atoms with Crippen LogP contribution in [0.25, 0.3) is 39.3 Å². The molecule has 5 rings (SSSR count). The van der Waals surface area contributed by atoms with E-state index in [2.05, 4.69) is 20.2 Å². The summed E-state index contributed by atoms with van der Waals surface area (Å²) in [7, 11) is 0. The Labute approximate surface area is 139 Å². The molecule has 8 nitrogen and oxygen atoms in total. The highest BCUT2D eigenvalue weighted by Crippen LogP contribution is 2.26. The zero-order valence-corrected chi connectivity index (χ0v) is 13.1. The lowest BCUT2D eigenvalue weighted by molar-refractivity contribution is 0.450. The van der Waals surface area contributed by atoms with Crippen molar-refractivity contribution in [2.45, 2.75) is 6.92 Å². The molecule has 0 saturated carbocycles. The van der Waals surface area contributed by atoms with Gasteiger partial charge in [0.05, 0.1) is 23.1 Å². The second kappa shape index (κ2) is 4.91. The maximum Gasteiger partial charge on any atom is 0.273 e. The number of aryl methyl sites for hydroxylation is 1. The van der Waals surface area contributed by atoms with Crippen molar-refractivity contribution in [2.24, 2.45) is 0 Å². The third-order valence-electron chi connectivity index (χ3n) is 4.11. The quantitative estimate of drug-likeness (QED) is 0.533. The molecule has 0 amide bonds. The molecule has 0 radical (unpaired) electrons. The van der Waals surface area contributed by atoms with Gasteiger partial charge in [-0.05, 0) is 19.1 Å². The number of H-pyrrole nitrogens is 1. The number of rotatable bonds is 2. The maximum absolute atomic E-state index is 12.4. The third-order valence-corrected chi connectivity index (χ3v) is 4.11. The lowest BCUT2D eigenvalue weighted by Gasteiger charge is -2.02. The van der Waals surface area contributed by atoms with Gasteiger partial charge in [-0.15, -0.1) is 0 Å². The molecule has 0 atom stereocenters. The molecule has 4 aromatic heterocycles. The lowest BCUT2D eigenvalue weighted by Crippen LogP contribution is -2.14. The first-order chi connectivity index (χ1) is 12.2. The van der Waals surface area contributed by atoms with E-state index in [1.807, 2.05) is 25.1 Å². The highest BCUT2D eigenvalue weighted by Gasteiger charge is 2.15. The predicted molar refractivity (Wildman–Crippen MR) is 89.0 cm³/mol. The molecule has 0 aliphatic rings. The molecule has 0 aliphatic carbocycles. The van der Waals surface area contributed by atoms with E-state index in [-0.39, 0.29) is 5.56 Å². The number of oxazole rings is 1. The third kappa shape index (κ3) is 2.01. The zero-order chi connectivity index (χ0) is 17.0. The van der Waals surface area contributed by atoms with E-state index in [0.29, 0.717) is 28.4 Å². The lowest BCUT2D eigenvalue weighted by atomic mass is 10.1. The Balaban J connectivity index is 1.75. The van der Waals surface area contributed by atoms with Crippen LogP contribution >= 0.6 is 0 Å². The van der Waals surface area contributed by atoms with E-state index in [1.54, 1.807) is 12.4 Å². The molecule has 1 aromatic carbocycles. The predicted octanol–water partition coefficient (Wildman–Crippen LogP) is 2.79. The molecule has 4 heterocycles. The van der Waals surface area contributed by atoms with Crippen molar-refractivity contribution in [3.63, 3.8) is 0 Å². The van der Waals surface area contributed by atoms with Crippen LogP contribution in [0.1, 0.15) is 5.69 Å². The van der Waals surface area contributed by atoms with Crippen LogP contribution in [0.5, 0.6) is 0 Å². The number of hydrogen-bond donors (Lipinski definition) is 1. The Kier molecular flexibility index (Phi) is 2.69. The second-order valence-corrected chi connectivity index (χ2v) is 5.64. The topological polar surface area (TPSA) is 102 Å². The highest BCUT2D eigenvalue weighted by molar-refractivity contribution is 5.84. The van der Waals surface area contributed by atoms with E-state index in [0.717, 1.165) is 16.6 Å². The summed E-state index contributed by atoms with van der Waals surface area (Å²) in [6.07, 6.45) is 4.66. The zero-order valence-electron chi connectivity index (χ0n) is 13.1. The fourth-order valence-electron chi connectivity index (χ4n) is 2.87. The van der Waals surface area contributed by atoms with Gasteiger partial charge in [-0.25, -0.2) is 14.5 Å². The SMILES string of the molecule is Cc1noc2cc(-c3cc(=O)n4[nH]cc(-c5ncco5)c4n3)ccc12. The van der Waals surface area contributed by atoms with E-state index in [1.165, 1.54) is 16.8 Å². The molecular weight excluding hydrogens is 322 g/mol. The average Bonchev–Trinajstić information content (AvgIpc) is 3.34. The summed E-state index contributed by atoms with van der Waals surface area (Å²) in [5.41, 5.74) is 3.60. The van der Waals surface area contributed by atoms with Gasteiger partial charge in [0.2, 0.25) is 5.89 Å². The summed E-state index contributed by atoms with van der Waals surface area (Å²) in [5.74, 6) is 0.393. The van der Waals surface area contributed by atoms with Gasteiger partial charge in [-0.3, -0.25) is 9.89 Å².